The SMILES string of the molecule is CC(C)C(=O)NCCCNC=O. The molecule has 0 saturated carbocycles. The Bertz CT molecular complexity index is 146. The quantitative estimate of drug-likeness (QED) is 0.434. The summed E-state index contributed by atoms with van der Waals surface area (Å²) in [5.41, 5.74) is 0. The highest BCUT2D eigenvalue weighted by atomic mass is 16.1. The van der Waals surface area contributed by atoms with Gasteiger partial charge in [0.05, 0.1) is 0 Å². The van der Waals surface area contributed by atoms with Crippen LogP contribution >= 0.6 is 0 Å². The number of amides is 2. The van der Waals surface area contributed by atoms with Crippen LogP contribution < -0.4 is 10.6 Å². The molecule has 0 unspecified atom stereocenters. The van der Waals surface area contributed by atoms with Crippen molar-refractivity contribution in [1.82, 2.24) is 10.6 Å². The molecule has 0 aromatic carbocycles. The molecule has 0 aliphatic rings. The van der Waals surface area contributed by atoms with E-state index in [2.05, 4.69) is 10.6 Å². The summed E-state index contributed by atoms with van der Waals surface area (Å²) in [7, 11) is 0. The average Bonchev–Trinajstić information content (AvgIpc) is 2.03. The smallest absolute Gasteiger partial charge is 0.222 e. The predicted molar refractivity (Wildman–Crippen MR) is 46.5 cm³/mol. The van der Waals surface area contributed by atoms with Crippen LogP contribution in [0.1, 0.15) is 20.3 Å². The monoisotopic (exact) mass is 172 g/mol. The Labute approximate surface area is 72.7 Å². The van der Waals surface area contributed by atoms with Crippen LogP contribution in [0.3, 0.4) is 0 Å². The fraction of sp³-hybridized carbons (Fsp3) is 0.750. The van der Waals surface area contributed by atoms with Gasteiger partial charge in [0, 0.05) is 19.0 Å². The van der Waals surface area contributed by atoms with E-state index in [-0.39, 0.29) is 11.8 Å². The molecule has 0 atom stereocenters. The van der Waals surface area contributed by atoms with Crippen molar-refractivity contribution >= 4 is 12.3 Å². The van der Waals surface area contributed by atoms with Crippen LogP contribution in [-0.2, 0) is 9.59 Å². The van der Waals surface area contributed by atoms with Gasteiger partial charge in [0.1, 0.15) is 0 Å². The number of hydrogen-bond donors (Lipinski definition) is 2. The zero-order valence-electron chi connectivity index (χ0n) is 7.59. The van der Waals surface area contributed by atoms with E-state index in [0.717, 1.165) is 6.42 Å². The maximum absolute atomic E-state index is 11.0. The predicted octanol–water partition coefficient (Wildman–Crippen LogP) is -0.105. The molecule has 2 N–H and O–H groups in total. The lowest BCUT2D eigenvalue weighted by Crippen LogP contribution is -2.30. The highest BCUT2D eigenvalue weighted by Gasteiger charge is 2.03. The van der Waals surface area contributed by atoms with Gasteiger partial charge in [0.25, 0.3) is 0 Å². The minimum Gasteiger partial charge on any atom is -0.359 e. The lowest BCUT2D eigenvalue weighted by Gasteiger charge is -2.06. The second-order valence-corrected chi connectivity index (χ2v) is 2.87. The fourth-order valence-electron chi connectivity index (χ4n) is 0.665. The highest BCUT2D eigenvalue weighted by molar-refractivity contribution is 5.77. The molecule has 0 fully saturated rings. The lowest BCUT2D eigenvalue weighted by atomic mass is 10.2. The highest BCUT2D eigenvalue weighted by Crippen LogP contribution is 1.89. The van der Waals surface area contributed by atoms with Gasteiger partial charge in [-0.25, -0.2) is 0 Å². The van der Waals surface area contributed by atoms with Crippen molar-refractivity contribution in [2.75, 3.05) is 13.1 Å². The summed E-state index contributed by atoms with van der Waals surface area (Å²) in [5.74, 6) is 0.0881. The number of rotatable bonds is 6. The molecule has 70 valence electrons. The standard InChI is InChI=1S/C8H16N2O2/c1-7(2)8(12)10-5-3-4-9-6-11/h6-7H,3-5H2,1-2H3,(H,9,11)(H,10,12). The lowest BCUT2D eigenvalue weighted by molar-refractivity contribution is -0.123. The van der Waals surface area contributed by atoms with Gasteiger partial charge >= 0.3 is 0 Å². The van der Waals surface area contributed by atoms with E-state index in [9.17, 15) is 9.59 Å². The Morgan fingerprint density at radius 3 is 2.58 bits per heavy atom. The molecule has 0 bridgehead atoms. The van der Waals surface area contributed by atoms with Crippen molar-refractivity contribution in [2.24, 2.45) is 5.92 Å². The fourth-order valence-corrected chi connectivity index (χ4v) is 0.665. The number of carbonyl (C=O) groups is 2. The molecule has 0 rings (SSSR count). The van der Waals surface area contributed by atoms with Gasteiger partial charge in [0.15, 0.2) is 0 Å². The summed E-state index contributed by atoms with van der Waals surface area (Å²) in [4.78, 5) is 20.8. The second kappa shape index (κ2) is 6.64. The number of carbonyl (C=O) groups excluding carboxylic acids is 2. The Kier molecular flexibility index (Phi) is 6.05. The number of hydrogen-bond acceptors (Lipinski definition) is 2. The van der Waals surface area contributed by atoms with Crippen LogP contribution in [-0.4, -0.2) is 25.4 Å². The van der Waals surface area contributed by atoms with Crippen LogP contribution in [0.2, 0.25) is 0 Å². The van der Waals surface area contributed by atoms with Gasteiger partial charge in [-0.05, 0) is 6.42 Å². The molecule has 4 heteroatoms. The molecule has 0 aliphatic heterocycles. The molecule has 12 heavy (non-hydrogen) atoms. The molecule has 0 aromatic heterocycles. The van der Waals surface area contributed by atoms with Gasteiger partial charge < -0.3 is 10.6 Å². The van der Waals surface area contributed by atoms with Gasteiger partial charge in [0.2, 0.25) is 12.3 Å². The van der Waals surface area contributed by atoms with E-state index in [1.165, 1.54) is 0 Å². The van der Waals surface area contributed by atoms with Crippen LogP contribution in [0.4, 0.5) is 0 Å². The van der Waals surface area contributed by atoms with Crippen LogP contribution in [0, 0.1) is 5.92 Å². The first-order valence-electron chi connectivity index (χ1n) is 4.13. The van der Waals surface area contributed by atoms with Crippen molar-refractivity contribution in [3.8, 4) is 0 Å². The van der Waals surface area contributed by atoms with Gasteiger partial charge in [-0.1, -0.05) is 13.8 Å². The van der Waals surface area contributed by atoms with Gasteiger partial charge in [-0.15, -0.1) is 0 Å². The Hall–Kier alpha value is -1.06. The summed E-state index contributed by atoms with van der Waals surface area (Å²) < 4.78 is 0. The van der Waals surface area contributed by atoms with E-state index < -0.39 is 0 Å². The molecular weight excluding hydrogens is 156 g/mol. The minimum absolute atomic E-state index is 0.0315. The van der Waals surface area contributed by atoms with E-state index in [0.29, 0.717) is 19.5 Å². The zero-order valence-corrected chi connectivity index (χ0v) is 7.59. The Morgan fingerprint density at radius 2 is 2.08 bits per heavy atom. The van der Waals surface area contributed by atoms with Crippen LogP contribution in [0.25, 0.3) is 0 Å². The maximum atomic E-state index is 11.0. The molecule has 2 amide bonds. The van der Waals surface area contributed by atoms with Crippen molar-refractivity contribution in [3.05, 3.63) is 0 Å². The van der Waals surface area contributed by atoms with E-state index in [1.807, 2.05) is 13.8 Å². The summed E-state index contributed by atoms with van der Waals surface area (Å²) in [6, 6.07) is 0. The third kappa shape index (κ3) is 5.70. The molecule has 0 saturated heterocycles. The molecule has 0 aromatic rings. The second-order valence-electron chi connectivity index (χ2n) is 2.87. The first-order valence-corrected chi connectivity index (χ1v) is 4.13. The van der Waals surface area contributed by atoms with Gasteiger partial charge in [-0.2, -0.15) is 0 Å². The largest absolute Gasteiger partial charge is 0.359 e. The molecule has 0 radical (unpaired) electrons. The van der Waals surface area contributed by atoms with Crippen molar-refractivity contribution in [3.63, 3.8) is 0 Å². The van der Waals surface area contributed by atoms with Crippen LogP contribution in [0.15, 0.2) is 0 Å². The number of nitrogens with one attached hydrogen (secondary N) is 2. The summed E-state index contributed by atoms with van der Waals surface area (Å²) in [6.45, 7) is 4.93. The first-order chi connectivity index (χ1) is 5.68. The summed E-state index contributed by atoms with van der Waals surface area (Å²) in [6.07, 6.45) is 1.43. The molecule has 0 spiro atoms. The summed E-state index contributed by atoms with van der Waals surface area (Å²) in [5, 5.41) is 5.27. The maximum Gasteiger partial charge on any atom is 0.222 e. The average molecular weight is 172 g/mol. The van der Waals surface area contributed by atoms with Crippen molar-refractivity contribution in [2.45, 2.75) is 20.3 Å². The minimum atomic E-state index is 0.0315. The Balaban J connectivity index is 3.19. The van der Waals surface area contributed by atoms with Crippen molar-refractivity contribution < 1.29 is 9.59 Å². The van der Waals surface area contributed by atoms with E-state index in [4.69, 9.17) is 0 Å². The third-order valence-corrected chi connectivity index (χ3v) is 1.40. The van der Waals surface area contributed by atoms with Crippen molar-refractivity contribution in [1.29, 1.82) is 0 Å². The third-order valence-electron chi connectivity index (χ3n) is 1.40. The molecular formula is C8H16N2O2. The van der Waals surface area contributed by atoms with Gasteiger partial charge in [-0.3, -0.25) is 9.59 Å². The molecule has 4 nitrogen and oxygen atoms in total. The van der Waals surface area contributed by atoms with E-state index in [1.54, 1.807) is 0 Å². The molecule has 0 heterocycles. The van der Waals surface area contributed by atoms with E-state index >= 15 is 0 Å². The zero-order chi connectivity index (χ0) is 9.40. The Morgan fingerprint density at radius 1 is 1.42 bits per heavy atom. The summed E-state index contributed by atoms with van der Waals surface area (Å²) >= 11 is 0. The first kappa shape index (κ1) is 10.9. The molecule has 0 aliphatic carbocycles. The normalized spacial score (nSPS) is 9.58. The topological polar surface area (TPSA) is 58.2 Å². The van der Waals surface area contributed by atoms with Crippen LogP contribution in [0.5, 0.6) is 0 Å².